The first-order valence-corrected chi connectivity index (χ1v) is 2.17. The van der Waals surface area contributed by atoms with Crippen LogP contribution in [0, 0.1) is 11.3 Å². The molecule has 5 heteroatoms. The summed E-state index contributed by atoms with van der Waals surface area (Å²) in [5.41, 5.74) is 9.24. The fraction of sp³-hybridized carbons (Fsp3) is 0.500. The summed E-state index contributed by atoms with van der Waals surface area (Å²) in [7, 11) is 0. The molecule has 0 saturated carbocycles. The maximum atomic E-state index is 9.24. The van der Waals surface area contributed by atoms with Crippen molar-refractivity contribution < 1.29 is 9.90 Å². The van der Waals surface area contributed by atoms with Gasteiger partial charge in [0.15, 0.2) is 0 Å². The van der Waals surface area contributed by atoms with Crippen LogP contribution in [0.5, 0.6) is 0 Å². The van der Waals surface area contributed by atoms with Gasteiger partial charge in [0, 0.05) is 0 Å². The van der Waals surface area contributed by atoms with Gasteiger partial charge in [0.2, 0.25) is 0 Å². The molecule has 0 amide bonds. The molecule has 0 fully saturated rings. The van der Waals surface area contributed by atoms with Gasteiger partial charge in [0.25, 0.3) is 0 Å². The van der Waals surface area contributed by atoms with Gasteiger partial charge in [0.05, 0.1) is 19.2 Å². The number of nitrogens with zero attached hydrogens (tertiary/aromatic N) is 1. The van der Waals surface area contributed by atoms with Gasteiger partial charge in [-0.05, 0) is 0 Å². The summed E-state index contributed by atoms with van der Waals surface area (Å²) >= 11 is 0. The topological polar surface area (TPSA) is 113 Å². The number of hydrogen-bond donors (Lipinski definition) is 3. The molecular weight excluding hydrogens is 122 g/mol. The third kappa shape index (κ3) is 46.4. The fourth-order valence-electron chi connectivity index (χ4n) is 0. The molecule has 0 aromatic carbocycles. The SMILES string of the molecule is N#CCN.NCC(=O)O. The number of nitrogens with two attached hydrogens (primary N) is 2. The first kappa shape index (κ1) is 10.8. The zero-order valence-corrected chi connectivity index (χ0v) is 4.87. The maximum absolute atomic E-state index is 9.24. The van der Waals surface area contributed by atoms with E-state index >= 15 is 0 Å². The van der Waals surface area contributed by atoms with Crippen LogP contribution in [0.3, 0.4) is 0 Å². The van der Waals surface area contributed by atoms with E-state index in [1.54, 1.807) is 6.07 Å². The predicted molar refractivity (Wildman–Crippen MR) is 31.4 cm³/mol. The highest BCUT2D eigenvalue weighted by molar-refractivity contribution is 5.68. The highest BCUT2D eigenvalue weighted by Crippen LogP contribution is 1.43. The van der Waals surface area contributed by atoms with Crippen molar-refractivity contribution in [1.82, 2.24) is 0 Å². The third-order valence-electron chi connectivity index (χ3n) is 0.266. The summed E-state index contributed by atoms with van der Waals surface area (Å²) in [5, 5.41) is 15.1. The molecule has 0 aliphatic rings. The monoisotopic (exact) mass is 131 g/mol. The standard InChI is InChI=1S/C2H4N2.C2H5NO2/c3-1-2-4;3-1-2(4)5/h1,3H2;1,3H2,(H,4,5). The minimum absolute atomic E-state index is 0.125. The van der Waals surface area contributed by atoms with Crippen molar-refractivity contribution in [2.24, 2.45) is 11.5 Å². The molecule has 9 heavy (non-hydrogen) atoms. The van der Waals surface area contributed by atoms with Gasteiger partial charge < -0.3 is 16.6 Å². The van der Waals surface area contributed by atoms with E-state index in [0.29, 0.717) is 0 Å². The van der Waals surface area contributed by atoms with E-state index in [-0.39, 0.29) is 13.1 Å². The Morgan fingerprint density at radius 1 is 1.67 bits per heavy atom. The van der Waals surface area contributed by atoms with Crippen molar-refractivity contribution in [2.75, 3.05) is 13.1 Å². The minimum atomic E-state index is -0.968. The molecule has 0 atom stereocenters. The highest BCUT2D eigenvalue weighted by Gasteiger charge is 1.81. The van der Waals surface area contributed by atoms with Crippen LogP contribution >= 0.6 is 0 Å². The normalized spacial score (nSPS) is 6.33. The van der Waals surface area contributed by atoms with Crippen LogP contribution < -0.4 is 11.5 Å². The van der Waals surface area contributed by atoms with Crippen molar-refractivity contribution in [2.45, 2.75) is 0 Å². The lowest BCUT2D eigenvalue weighted by Crippen LogP contribution is -2.10. The minimum Gasteiger partial charge on any atom is -0.480 e. The van der Waals surface area contributed by atoms with Crippen LogP contribution in [0.2, 0.25) is 0 Å². The Morgan fingerprint density at radius 3 is 1.89 bits per heavy atom. The Labute approximate surface area is 52.9 Å². The van der Waals surface area contributed by atoms with Crippen molar-refractivity contribution in [1.29, 1.82) is 5.26 Å². The molecule has 0 aromatic heterocycles. The maximum Gasteiger partial charge on any atom is 0.317 e. The summed E-state index contributed by atoms with van der Waals surface area (Å²) in [5.74, 6) is -0.968. The lowest BCUT2D eigenvalue weighted by molar-refractivity contribution is -0.135. The molecule has 52 valence electrons. The fourth-order valence-corrected chi connectivity index (χ4v) is 0. The van der Waals surface area contributed by atoms with Gasteiger partial charge in [-0.2, -0.15) is 5.26 Å². The molecule has 0 saturated heterocycles. The zero-order chi connectivity index (χ0) is 7.70. The van der Waals surface area contributed by atoms with E-state index in [1.165, 1.54) is 0 Å². The molecule has 5 nitrogen and oxygen atoms in total. The largest absolute Gasteiger partial charge is 0.480 e. The lowest BCUT2D eigenvalue weighted by Gasteiger charge is -1.73. The van der Waals surface area contributed by atoms with Crippen molar-refractivity contribution >= 4 is 5.97 Å². The van der Waals surface area contributed by atoms with E-state index in [4.69, 9.17) is 10.4 Å². The molecule has 0 unspecified atom stereocenters. The van der Waals surface area contributed by atoms with Gasteiger partial charge in [0.1, 0.15) is 0 Å². The van der Waals surface area contributed by atoms with Crippen LogP contribution in [0.4, 0.5) is 0 Å². The number of hydrogen-bond acceptors (Lipinski definition) is 4. The molecule has 0 spiro atoms. The number of nitriles is 1. The predicted octanol–water partition coefficient (Wildman–Crippen LogP) is -1.50. The van der Waals surface area contributed by atoms with Crippen LogP contribution in [0.1, 0.15) is 0 Å². The first-order valence-electron chi connectivity index (χ1n) is 2.17. The molecule has 5 N–H and O–H groups in total. The average Bonchev–Trinajstić information content (AvgIpc) is 1.89. The lowest BCUT2D eigenvalue weighted by atomic mass is 10.7. The van der Waals surface area contributed by atoms with E-state index in [0.717, 1.165) is 0 Å². The Balaban J connectivity index is 0. The van der Waals surface area contributed by atoms with Crippen LogP contribution in [0.25, 0.3) is 0 Å². The van der Waals surface area contributed by atoms with E-state index < -0.39 is 5.97 Å². The van der Waals surface area contributed by atoms with E-state index in [9.17, 15) is 4.79 Å². The number of carbonyl (C=O) groups is 1. The zero-order valence-electron chi connectivity index (χ0n) is 4.87. The Kier molecular flexibility index (Phi) is 12.0. The second kappa shape index (κ2) is 9.99. The first-order chi connectivity index (χ1) is 4.18. The second-order valence-corrected chi connectivity index (χ2v) is 0.960. The molecule has 0 bridgehead atoms. The third-order valence-corrected chi connectivity index (χ3v) is 0.266. The van der Waals surface area contributed by atoms with Crippen molar-refractivity contribution in [3.63, 3.8) is 0 Å². The van der Waals surface area contributed by atoms with Crippen molar-refractivity contribution in [3.8, 4) is 6.07 Å². The number of carboxylic acid groups (broad SMARTS) is 1. The second-order valence-electron chi connectivity index (χ2n) is 0.960. The van der Waals surface area contributed by atoms with Gasteiger partial charge in [-0.3, -0.25) is 4.79 Å². The summed E-state index contributed by atoms with van der Waals surface area (Å²) in [4.78, 5) is 9.24. The number of aliphatic carboxylic acids is 1. The smallest absolute Gasteiger partial charge is 0.317 e. The quantitative estimate of drug-likeness (QED) is 0.375. The van der Waals surface area contributed by atoms with Crippen molar-refractivity contribution in [3.05, 3.63) is 0 Å². The summed E-state index contributed by atoms with van der Waals surface area (Å²) < 4.78 is 0. The Bertz CT molecular complexity index is 107. The van der Waals surface area contributed by atoms with Gasteiger partial charge >= 0.3 is 5.97 Å². The van der Waals surface area contributed by atoms with Gasteiger partial charge in [-0.15, -0.1) is 0 Å². The van der Waals surface area contributed by atoms with Gasteiger partial charge in [-0.25, -0.2) is 0 Å². The summed E-state index contributed by atoms with van der Waals surface area (Å²) in [6.45, 7) is -0.153. The molecule has 0 aliphatic heterocycles. The summed E-state index contributed by atoms with van der Waals surface area (Å²) in [6.07, 6.45) is 0. The molecule has 0 aromatic rings. The average molecular weight is 131 g/mol. The van der Waals surface area contributed by atoms with Crippen LogP contribution in [-0.2, 0) is 4.79 Å². The Hall–Kier alpha value is -1.12. The summed E-state index contributed by atoms with van der Waals surface area (Å²) in [6, 6.07) is 1.71. The highest BCUT2D eigenvalue weighted by atomic mass is 16.4. The molecular formula is C4H9N3O2. The molecule has 0 rings (SSSR count). The Morgan fingerprint density at radius 2 is 1.89 bits per heavy atom. The molecule has 0 radical (unpaired) electrons. The van der Waals surface area contributed by atoms with E-state index in [1.807, 2.05) is 0 Å². The molecule has 0 aliphatic carbocycles. The molecule has 0 heterocycles. The van der Waals surface area contributed by atoms with Crippen LogP contribution in [-0.4, -0.2) is 24.2 Å². The van der Waals surface area contributed by atoms with E-state index in [2.05, 4.69) is 11.5 Å². The van der Waals surface area contributed by atoms with Gasteiger partial charge in [-0.1, -0.05) is 0 Å². The number of rotatable bonds is 1. The number of carboxylic acids is 1. The van der Waals surface area contributed by atoms with Crippen LogP contribution in [0.15, 0.2) is 0 Å².